The van der Waals surface area contributed by atoms with Crippen molar-refractivity contribution in [2.45, 2.75) is 26.2 Å². The van der Waals surface area contributed by atoms with Crippen LogP contribution in [0.25, 0.3) is 11.6 Å². The minimum atomic E-state index is -4.55. The molecule has 4 aromatic carbocycles. The van der Waals surface area contributed by atoms with Crippen molar-refractivity contribution in [2.24, 2.45) is 0 Å². The molecule has 0 spiro atoms. The quantitative estimate of drug-likeness (QED) is 0.208. The van der Waals surface area contributed by atoms with E-state index in [-0.39, 0.29) is 5.56 Å². The fourth-order valence-corrected chi connectivity index (χ4v) is 3.97. The number of halogens is 6. The van der Waals surface area contributed by atoms with Crippen molar-refractivity contribution in [1.82, 2.24) is 0 Å². The smallest absolute Gasteiger partial charge is 0.355 e. The lowest BCUT2D eigenvalue weighted by molar-refractivity contribution is -0.138. The molecule has 0 bridgehead atoms. The van der Waals surface area contributed by atoms with Gasteiger partial charge in [0.2, 0.25) is 0 Å². The number of anilines is 2. The van der Waals surface area contributed by atoms with E-state index in [0.29, 0.717) is 16.7 Å². The van der Waals surface area contributed by atoms with Gasteiger partial charge in [-0.05, 0) is 90.2 Å². The average Bonchev–Trinajstić information content (AvgIpc) is 2.84. The number of hydrogen-bond acceptors (Lipinski definition) is 1. The van der Waals surface area contributed by atoms with Gasteiger partial charge in [0.15, 0.2) is 0 Å². The van der Waals surface area contributed by atoms with Crippen molar-refractivity contribution in [2.75, 3.05) is 5.32 Å². The van der Waals surface area contributed by atoms with Gasteiger partial charge in [-0.2, -0.15) is 26.3 Å². The lowest BCUT2D eigenvalue weighted by Gasteiger charge is -2.14. The van der Waals surface area contributed by atoms with E-state index in [1.165, 1.54) is 24.3 Å². The topological polar surface area (TPSA) is 12.0 Å². The van der Waals surface area contributed by atoms with Gasteiger partial charge < -0.3 is 5.32 Å². The molecule has 0 aliphatic carbocycles. The number of alkyl halides is 6. The molecule has 0 aliphatic rings. The van der Waals surface area contributed by atoms with Crippen molar-refractivity contribution in [3.63, 3.8) is 0 Å². The second kappa shape index (κ2) is 10.2. The first-order chi connectivity index (χ1) is 17.4. The molecule has 4 rings (SSSR count). The van der Waals surface area contributed by atoms with Gasteiger partial charge in [0.25, 0.3) is 0 Å². The Balaban J connectivity index is 1.72. The highest BCUT2D eigenvalue weighted by atomic mass is 19.4. The molecule has 0 radical (unpaired) electrons. The molecule has 4 aromatic rings. The van der Waals surface area contributed by atoms with E-state index < -0.39 is 23.5 Å². The molecule has 1 nitrogen and oxygen atoms in total. The zero-order chi connectivity index (χ0) is 26.8. The van der Waals surface area contributed by atoms with Gasteiger partial charge in [0.05, 0.1) is 11.1 Å². The van der Waals surface area contributed by atoms with E-state index in [4.69, 9.17) is 0 Å². The van der Waals surface area contributed by atoms with Crippen LogP contribution in [0.15, 0.2) is 91.0 Å². The largest absolute Gasteiger partial charge is 0.416 e. The molecule has 0 amide bonds. The molecular formula is C30H23F6N. The normalized spacial score (nSPS) is 12.5. The highest BCUT2D eigenvalue weighted by Crippen LogP contribution is 2.35. The summed E-state index contributed by atoms with van der Waals surface area (Å²) < 4.78 is 79.3. The lowest BCUT2D eigenvalue weighted by atomic mass is 9.93. The number of nitrogens with one attached hydrogen (secondary N) is 1. The van der Waals surface area contributed by atoms with Crippen molar-refractivity contribution < 1.29 is 26.3 Å². The molecule has 0 aliphatic heterocycles. The van der Waals surface area contributed by atoms with E-state index in [1.54, 1.807) is 18.2 Å². The predicted octanol–water partition coefficient (Wildman–Crippen LogP) is 9.67. The number of benzene rings is 4. The standard InChI is InChI=1S/C30H23F6N/c1-19-6-15-28(20(2)16-19)37-26-13-7-21(8-14-26)17-27(22-9-11-24(12-10-22)29(31,32)33)23-4-3-5-25(18-23)30(34,35)36/h3-18,37H,1-2H3. The molecule has 0 unspecified atom stereocenters. The monoisotopic (exact) mass is 511 g/mol. The second-order valence-electron chi connectivity index (χ2n) is 8.78. The Bertz CT molecular complexity index is 1410. The van der Waals surface area contributed by atoms with Crippen LogP contribution in [-0.2, 0) is 12.4 Å². The fourth-order valence-electron chi connectivity index (χ4n) is 3.97. The maximum atomic E-state index is 13.4. The Hall–Kier alpha value is -4.00. The molecule has 0 heterocycles. The molecule has 0 saturated heterocycles. The summed E-state index contributed by atoms with van der Waals surface area (Å²) in [6.45, 7) is 4.01. The fraction of sp³-hybridized carbons (Fsp3) is 0.133. The first-order valence-corrected chi connectivity index (χ1v) is 11.4. The van der Waals surface area contributed by atoms with E-state index >= 15 is 0 Å². The molecule has 0 aromatic heterocycles. The summed E-state index contributed by atoms with van der Waals surface area (Å²) >= 11 is 0. The number of rotatable bonds is 5. The molecule has 1 N–H and O–H groups in total. The molecule has 0 atom stereocenters. The van der Waals surface area contributed by atoms with Gasteiger partial charge in [-0.15, -0.1) is 0 Å². The van der Waals surface area contributed by atoms with Crippen LogP contribution in [0.3, 0.4) is 0 Å². The predicted molar refractivity (Wildman–Crippen MR) is 136 cm³/mol. The molecule has 0 saturated carbocycles. The van der Waals surface area contributed by atoms with Gasteiger partial charge in [-0.1, -0.05) is 54.1 Å². The SMILES string of the molecule is Cc1ccc(Nc2ccc(C=C(c3ccc(C(F)(F)F)cc3)c3cccc(C(F)(F)F)c3)cc2)c(C)c1. The Morgan fingerprint density at radius 1 is 0.649 bits per heavy atom. The Kier molecular flexibility index (Phi) is 7.16. The third kappa shape index (κ3) is 6.42. The highest BCUT2D eigenvalue weighted by Gasteiger charge is 2.31. The first-order valence-electron chi connectivity index (χ1n) is 11.4. The van der Waals surface area contributed by atoms with Crippen LogP contribution in [0, 0.1) is 13.8 Å². The molecule has 37 heavy (non-hydrogen) atoms. The maximum absolute atomic E-state index is 13.4. The van der Waals surface area contributed by atoms with Crippen molar-refractivity contribution in [1.29, 1.82) is 0 Å². The molecular weight excluding hydrogens is 488 g/mol. The molecule has 7 heteroatoms. The van der Waals surface area contributed by atoms with Crippen molar-refractivity contribution >= 4 is 23.0 Å². The number of hydrogen-bond donors (Lipinski definition) is 1. The summed E-state index contributed by atoms with van der Waals surface area (Å²) in [6.07, 6.45) is -7.40. The zero-order valence-corrected chi connectivity index (χ0v) is 20.0. The molecule has 190 valence electrons. The van der Waals surface area contributed by atoms with E-state index in [1.807, 2.05) is 38.1 Å². The van der Waals surface area contributed by atoms with E-state index in [2.05, 4.69) is 11.4 Å². The summed E-state index contributed by atoms with van der Waals surface area (Å²) in [5.41, 5.74) is 3.98. The van der Waals surface area contributed by atoms with Crippen LogP contribution in [0.1, 0.15) is 38.9 Å². The summed E-state index contributed by atoms with van der Waals surface area (Å²) in [6, 6.07) is 22.4. The molecule has 0 fully saturated rings. The summed E-state index contributed by atoms with van der Waals surface area (Å²) in [5.74, 6) is 0. The van der Waals surface area contributed by atoms with Crippen LogP contribution in [0.2, 0.25) is 0 Å². The van der Waals surface area contributed by atoms with Crippen LogP contribution in [0.5, 0.6) is 0 Å². The van der Waals surface area contributed by atoms with Crippen LogP contribution in [0.4, 0.5) is 37.7 Å². The van der Waals surface area contributed by atoms with E-state index in [0.717, 1.165) is 46.8 Å². The maximum Gasteiger partial charge on any atom is 0.416 e. The lowest BCUT2D eigenvalue weighted by Crippen LogP contribution is -2.06. The van der Waals surface area contributed by atoms with Gasteiger partial charge in [-0.3, -0.25) is 0 Å². The highest BCUT2D eigenvalue weighted by molar-refractivity contribution is 5.91. The van der Waals surface area contributed by atoms with Crippen LogP contribution in [-0.4, -0.2) is 0 Å². The third-order valence-corrected chi connectivity index (χ3v) is 5.91. The van der Waals surface area contributed by atoms with Crippen molar-refractivity contribution in [3.05, 3.63) is 130 Å². The van der Waals surface area contributed by atoms with Gasteiger partial charge >= 0.3 is 12.4 Å². The average molecular weight is 512 g/mol. The summed E-state index contributed by atoms with van der Waals surface area (Å²) in [7, 11) is 0. The van der Waals surface area contributed by atoms with Gasteiger partial charge in [0, 0.05) is 11.4 Å². The minimum absolute atomic E-state index is 0.243. The second-order valence-corrected chi connectivity index (χ2v) is 8.78. The van der Waals surface area contributed by atoms with E-state index in [9.17, 15) is 26.3 Å². The van der Waals surface area contributed by atoms with Crippen molar-refractivity contribution in [3.8, 4) is 0 Å². The zero-order valence-electron chi connectivity index (χ0n) is 20.0. The Morgan fingerprint density at radius 2 is 1.30 bits per heavy atom. The summed E-state index contributed by atoms with van der Waals surface area (Å²) in [5, 5.41) is 3.34. The van der Waals surface area contributed by atoms with Gasteiger partial charge in [0.1, 0.15) is 0 Å². The van der Waals surface area contributed by atoms with Crippen LogP contribution < -0.4 is 5.32 Å². The van der Waals surface area contributed by atoms with Gasteiger partial charge in [-0.25, -0.2) is 0 Å². The minimum Gasteiger partial charge on any atom is -0.355 e. The third-order valence-electron chi connectivity index (χ3n) is 5.91. The Morgan fingerprint density at radius 3 is 1.89 bits per heavy atom. The number of aryl methyl sites for hydroxylation is 2. The van der Waals surface area contributed by atoms with Crippen LogP contribution >= 0.6 is 0 Å². The Labute approximate surface area is 211 Å². The summed E-state index contributed by atoms with van der Waals surface area (Å²) in [4.78, 5) is 0. The first kappa shape index (κ1) is 26.1.